The SMILES string of the molecule is CC(CC(=O)NC1(C(=O)O)CC1)c1ccccc1. The lowest BCUT2D eigenvalue weighted by atomic mass is 9.97. The predicted molar refractivity (Wildman–Crippen MR) is 67.2 cm³/mol. The Balaban J connectivity index is 1.90. The molecule has 18 heavy (non-hydrogen) atoms. The van der Waals surface area contributed by atoms with Crippen molar-refractivity contribution in [3.63, 3.8) is 0 Å². The van der Waals surface area contributed by atoms with E-state index >= 15 is 0 Å². The Morgan fingerprint density at radius 2 is 1.94 bits per heavy atom. The highest BCUT2D eigenvalue weighted by Gasteiger charge is 2.51. The van der Waals surface area contributed by atoms with Gasteiger partial charge in [-0.1, -0.05) is 37.3 Å². The van der Waals surface area contributed by atoms with Crippen molar-refractivity contribution in [2.75, 3.05) is 0 Å². The lowest BCUT2D eigenvalue weighted by molar-refractivity contribution is -0.143. The van der Waals surface area contributed by atoms with Gasteiger partial charge in [0.25, 0.3) is 0 Å². The number of carboxylic acid groups (broad SMARTS) is 1. The number of hydrogen-bond acceptors (Lipinski definition) is 2. The number of amides is 1. The van der Waals surface area contributed by atoms with Gasteiger partial charge in [-0.3, -0.25) is 4.79 Å². The fourth-order valence-corrected chi connectivity index (χ4v) is 2.01. The highest BCUT2D eigenvalue weighted by Crippen LogP contribution is 2.35. The van der Waals surface area contributed by atoms with Gasteiger partial charge in [-0.2, -0.15) is 0 Å². The first-order chi connectivity index (χ1) is 8.53. The first-order valence-electron chi connectivity index (χ1n) is 6.13. The maximum atomic E-state index is 11.8. The summed E-state index contributed by atoms with van der Waals surface area (Å²) in [7, 11) is 0. The molecule has 1 fully saturated rings. The molecule has 2 N–H and O–H groups in total. The van der Waals surface area contributed by atoms with E-state index < -0.39 is 11.5 Å². The van der Waals surface area contributed by atoms with E-state index in [1.807, 2.05) is 37.3 Å². The highest BCUT2D eigenvalue weighted by molar-refractivity contribution is 5.89. The summed E-state index contributed by atoms with van der Waals surface area (Å²) in [4.78, 5) is 22.8. The number of benzene rings is 1. The Kier molecular flexibility index (Phi) is 3.36. The summed E-state index contributed by atoms with van der Waals surface area (Å²) in [5.41, 5.74) is 0.112. The van der Waals surface area contributed by atoms with Gasteiger partial charge < -0.3 is 10.4 Å². The average Bonchev–Trinajstić information content (AvgIpc) is 3.11. The number of hydrogen-bond donors (Lipinski definition) is 2. The Hall–Kier alpha value is -1.84. The molecule has 0 saturated heterocycles. The molecule has 4 nitrogen and oxygen atoms in total. The molecule has 0 radical (unpaired) electrons. The maximum absolute atomic E-state index is 11.8. The Labute approximate surface area is 106 Å². The summed E-state index contributed by atoms with van der Waals surface area (Å²) in [6, 6.07) is 9.75. The average molecular weight is 247 g/mol. The molecule has 0 heterocycles. The minimum atomic E-state index is -0.979. The number of nitrogens with one attached hydrogen (secondary N) is 1. The number of rotatable bonds is 5. The molecule has 96 valence electrons. The lowest BCUT2D eigenvalue weighted by Crippen LogP contribution is -2.43. The minimum absolute atomic E-state index is 0.0933. The van der Waals surface area contributed by atoms with E-state index in [1.54, 1.807) is 0 Å². The van der Waals surface area contributed by atoms with Gasteiger partial charge >= 0.3 is 5.97 Å². The van der Waals surface area contributed by atoms with Crippen molar-refractivity contribution in [1.82, 2.24) is 5.32 Å². The van der Waals surface area contributed by atoms with Crippen LogP contribution >= 0.6 is 0 Å². The fraction of sp³-hybridized carbons (Fsp3) is 0.429. The number of carboxylic acids is 1. The number of carbonyl (C=O) groups excluding carboxylic acids is 1. The first-order valence-corrected chi connectivity index (χ1v) is 6.13. The van der Waals surface area contributed by atoms with Gasteiger partial charge in [-0.05, 0) is 24.3 Å². The van der Waals surface area contributed by atoms with Gasteiger partial charge in [0.2, 0.25) is 5.91 Å². The molecule has 1 aromatic rings. The zero-order valence-corrected chi connectivity index (χ0v) is 10.3. The van der Waals surface area contributed by atoms with Crippen LogP contribution in [0.1, 0.15) is 37.7 Å². The third-order valence-corrected chi connectivity index (χ3v) is 3.40. The third-order valence-electron chi connectivity index (χ3n) is 3.40. The second-order valence-corrected chi connectivity index (χ2v) is 4.95. The summed E-state index contributed by atoms with van der Waals surface area (Å²) in [6.07, 6.45) is 1.39. The van der Waals surface area contributed by atoms with Crippen LogP contribution in [-0.4, -0.2) is 22.5 Å². The summed E-state index contributed by atoms with van der Waals surface area (Å²) in [5.74, 6) is -1.02. The minimum Gasteiger partial charge on any atom is -0.480 e. The number of carbonyl (C=O) groups is 2. The van der Waals surface area contributed by atoms with Crippen LogP contribution in [0.3, 0.4) is 0 Å². The molecule has 1 amide bonds. The first kappa shape index (κ1) is 12.6. The van der Waals surface area contributed by atoms with E-state index in [-0.39, 0.29) is 11.8 Å². The van der Waals surface area contributed by atoms with Gasteiger partial charge in [0, 0.05) is 6.42 Å². The van der Waals surface area contributed by atoms with Crippen LogP contribution in [0.2, 0.25) is 0 Å². The monoisotopic (exact) mass is 247 g/mol. The molecule has 0 aromatic heterocycles. The summed E-state index contributed by atoms with van der Waals surface area (Å²) < 4.78 is 0. The Morgan fingerprint density at radius 1 is 1.33 bits per heavy atom. The van der Waals surface area contributed by atoms with Gasteiger partial charge in [0.1, 0.15) is 5.54 Å². The van der Waals surface area contributed by atoms with Crippen molar-refractivity contribution in [3.05, 3.63) is 35.9 Å². The molecule has 2 rings (SSSR count). The van der Waals surface area contributed by atoms with E-state index in [1.165, 1.54) is 0 Å². The van der Waals surface area contributed by atoms with Crippen LogP contribution in [0.15, 0.2) is 30.3 Å². The van der Waals surface area contributed by atoms with Crippen LogP contribution in [0, 0.1) is 0 Å². The molecule has 0 aliphatic heterocycles. The van der Waals surface area contributed by atoms with Crippen molar-refractivity contribution < 1.29 is 14.7 Å². The van der Waals surface area contributed by atoms with E-state index in [9.17, 15) is 9.59 Å². The Bertz CT molecular complexity index is 451. The van der Waals surface area contributed by atoms with Crippen LogP contribution in [0.25, 0.3) is 0 Å². The summed E-state index contributed by atoms with van der Waals surface area (Å²) >= 11 is 0. The lowest BCUT2D eigenvalue weighted by Gasteiger charge is -2.15. The molecular weight excluding hydrogens is 230 g/mol. The molecule has 1 saturated carbocycles. The van der Waals surface area contributed by atoms with Crippen molar-refractivity contribution >= 4 is 11.9 Å². The molecule has 0 bridgehead atoms. The Morgan fingerprint density at radius 3 is 2.44 bits per heavy atom. The second kappa shape index (κ2) is 4.80. The maximum Gasteiger partial charge on any atom is 0.329 e. The van der Waals surface area contributed by atoms with E-state index in [0.717, 1.165) is 5.56 Å². The predicted octanol–water partition coefficient (Wildman–Crippen LogP) is 1.91. The van der Waals surface area contributed by atoms with Crippen molar-refractivity contribution in [2.24, 2.45) is 0 Å². The van der Waals surface area contributed by atoms with E-state index in [4.69, 9.17) is 5.11 Å². The molecule has 1 atom stereocenters. The topological polar surface area (TPSA) is 66.4 Å². The van der Waals surface area contributed by atoms with E-state index in [0.29, 0.717) is 19.3 Å². The van der Waals surface area contributed by atoms with E-state index in [2.05, 4.69) is 5.32 Å². The van der Waals surface area contributed by atoms with Gasteiger partial charge in [-0.15, -0.1) is 0 Å². The third kappa shape index (κ3) is 2.70. The van der Waals surface area contributed by atoms with Crippen LogP contribution in [0.4, 0.5) is 0 Å². The highest BCUT2D eigenvalue weighted by atomic mass is 16.4. The van der Waals surface area contributed by atoms with Crippen molar-refractivity contribution in [3.8, 4) is 0 Å². The molecular formula is C14H17NO3. The molecule has 1 unspecified atom stereocenters. The second-order valence-electron chi connectivity index (χ2n) is 4.95. The van der Waals surface area contributed by atoms with Gasteiger partial charge in [0.05, 0.1) is 0 Å². The molecule has 1 aliphatic rings. The standard InChI is InChI=1S/C14H17NO3/c1-10(11-5-3-2-4-6-11)9-12(16)15-14(7-8-14)13(17)18/h2-6,10H,7-9H2,1H3,(H,15,16)(H,17,18). The fourth-order valence-electron chi connectivity index (χ4n) is 2.01. The van der Waals surface area contributed by atoms with Gasteiger partial charge in [-0.25, -0.2) is 4.79 Å². The van der Waals surface area contributed by atoms with Gasteiger partial charge in [0.15, 0.2) is 0 Å². The van der Waals surface area contributed by atoms with Crippen molar-refractivity contribution in [1.29, 1.82) is 0 Å². The summed E-state index contributed by atoms with van der Waals surface area (Å²) in [5, 5.41) is 11.6. The quantitative estimate of drug-likeness (QED) is 0.835. The normalized spacial score (nSPS) is 17.8. The van der Waals surface area contributed by atoms with Crippen molar-refractivity contribution in [2.45, 2.75) is 37.6 Å². The molecule has 4 heteroatoms. The summed E-state index contributed by atoms with van der Waals surface area (Å²) in [6.45, 7) is 1.97. The molecule has 0 spiro atoms. The van der Waals surface area contributed by atoms with Crippen LogP contribution in [0.5, 0.6) is 0 Å². The molecule has 1 aromatic carbocycles. The zero-order chi connectivity index (χ0) is 13.2. The molecule has 1 aliphatic carbocycles. The number of aliphatic carboxylic acids is 1. The van der Waals surface area contributed by atoms with Crippen LogP contribution < -0.4 is 5.32 Å². The zero-order valence-electron chi connectivity index (χ0n) is 10.3. The smallest absolute Gasteiger partial charge is 0.329 e. The van der Waals surface area contributed by atoms with Crippen LogP contribution in [-0.2, 0) is 9.59 Å². The largest absolute Gasteiger partial charge is 0.480 e.